The molecule has 3 N–H and O–H groups in total. The zero-order valence-electron chi connectivity index (χ0n) is 18.8. The number of aromatic amines is 1. The van der Waals surface area contributed by atoms with Crippen LogP contribution in [0.4, 0.5) is 35.3 Å². The molecule has 5 rings (SSSR count). The van der Waals surface area contributed by atoms with E-state index in [1.807, 2.05) is 17.1 Å². The molecular weight excluding hydrogens is 467 g/mol. The number of anilines is 3. The molecule has 35 heavy (non-hydrogen) atoms. The first-order chi connectivity index (χ1) is 16.6. The second kappa shape index (κ2) is 8.36. The third-order valence-corrected chi connectivity index (χ3v) is 6.13. The zero-order chi connectivity index (χ0) is 24.9. The van der Waals surface area contributed by atoms with Gasteiger partial charge >= 0.3 is 12.2 Å². The lowest BCUT2D eigenvalue weighted by atomic mass is 10.0. The van der Waals surface area contributed by atoms with Crippen molar-refractivity contribution >= 4 is 40.3 Å². The number of rotatable bonds is 3. The lowest BCUT2D eigenvalue weighted by Crippen LogP contribution is -2.56. The van der Waals surface area contributed by atoms with Crippen molar-refractivity contribution in [3.05, 3.63) is 29.8 Å². The molecule has 1 fully saturated rings. The third kappa shape index (κ3) is 4.19. The van der Waals surface area contributed by atoms with Gasteiger partial charge in [-0.1, -0.05) is 0 Å². The summed E-state index contributed by atoms with van der Waals surface area (Å²) in [6.07, 6.45) is -1.72. The minimum Gasteiger partial charge on any atom is -0.365 e. The third-order valence-electron chi connectivity index (χ3n) is 6.13. The SMILES string of the molecule is Cc1ccc2c(NC(=O)N3c4nc(C(=O)N[C@H](C)C(F)(F)F)ncc4N4CCCC3C4)n[nH]c2n1. The second-order valence-corrected chi connectivity index (χ2v) is 8.60. The summed E-state index contributed by atoms with van der Waals surface area (Å²) in [6, 6.07) is 0.725. The Kier molecular flexibility index (Phi) is 5.44. The predicted octanol–water partition coefficient (Wildman–Crippen LogP) is 2.76. The van der Waals surface area contributed by atoms with Crippen molar-refractivity contribution in [1.82, 2.24) is 30.5 Å². The number of halogens is 3. The lowest BCUT2D eigenvalue weighted by Gasteiger charge is -2.45. The molecule has 11 nitrogen and oxygen atoms in total. The van der Waals surface area contributed by atoms with Crippen molar-refractivity contribution < 1.29 is 22.8 Å². The van der Waals surface area contributed by atoms with Gasteiger partial charge in [-0.05, 0) is 38.8 Å². The van der Waals surface area contributed by atoms with Gasteiger partial charge in [-0.2, -0.15) is 18.3 Å². The molecule has 0 aliphatic carbocycles. The molecule has 0 aromatic carbocycles. The fourth-order valence-electron chi connectivity index (χ4n) is 4.30. The van der Waals surface area contributed by atoms with Crippen LogP contribution in [0.1, 0.15) is 36.1 Å². The quantitative estimate of drug-likeness (QED) is 0.515. The number of urea groups is 1. The van der Waals surface area contributed by atoms with Gasteiger partial charge in [0.15, 0.2) is 17.3 Å². The highest BCUT2D eigenvalue weighted by atomic mass is 19.4. The maximum absolute atomic E-state index is 13.4. The molecule has 0 radical (unpaired) electrons. The van der Waals surface area contributed by atoms with Crippen molar-refractivity contribution in [2.75, 3.05) is 28.2 Å². The molecule has 3 aromatic rings. The molecule has 0 saturated carbocycles. The molecule has 3 aromatic heterocycles. The van der Waals surface area contributed by atoms with E-state index in [2.05, 4.69) is 30.5 Å². The van der Waals surface area contributed by atoms with Crippen LogP contribution in [0.3, 0.4) is 0 Å². The number of nitrogens with zero attached hydrogens (tertiary/aromatic N) is 6. The van der Waals surface area contributed by atoms with Gasteiger partial charge in [-0.25, -0.2) is 19.7 Å². The summed E-state index contributed by atoms with van der Waals surface area (Å²) < 4.78 is 38.7. The molecule has 5 heterocycles. The first-order valence-electron chi connectivity index (χ1n) is 11.0. The van der Waals surface area contributed by atoms with Crippen LogP contribution >= 0.6 is 0 Å². The first-order valence-corrected chi connectivity index (χ1v) is 11.0. The molecule has 3 amide bonds. The van der Waals surface area contributed by atoms with E-state index in [9.17, 15) is 22.8 Å². The molecular formula is C21H22F3N9O2. The molecule has 14 heteroatoms. The summed E-state index contributed by atoms with van der Waals surface area (Å²) in [4.78, 5) is 41.9. The predicted molar refractivity (Wildman–Crippen MR) is 120 cm³/mol. The summed E-state index contributed by atoms with van der Waals surface area (Å²) >= 11 is 0. The molecule has 1 saturated heterocycles. The standard InChI is InChI=1S/C21H22F3N9O2/c1-10-5-6-13-15(26-10)30-31-16(13)29-20(35)33-12-4-3-7-32(9-12)14-8-25-17(28-18(14)33)19(34)27-11(2)21(22,23)24/h5-6,8,11-12H,3-4,7,9H2,1-2H3,(H,27,34)(H2,26,29,30,31,35)/t11-,12?/m1/s1. The Labute approximate surface area is 197 Å². The number of H-pyrrole nitrogens is 1. The summed E-state index contributed by atoms with van der Waals surface area (Å²) in [7, 11) is 0. The molecule has 184 valence electrons. The van der Waals surface area contributed by atoms with Crippen molar-refractivity contribution in [2.24, 2.45) is 0 Å². The Morgan fingerprint density at radius 1 is 1.26 bits per heavy atom. The van der Waals surface area contributed by atoms with E-state index in [1.54, 1.807) is 12.1 Å². The Bertz CT molecular complexity index is 1310. The van der Waals surface area contributed by atoms with Crippen LogP contribution in [0.2, 0.25) is 0 Å². The van der Waals surface area contributed by atoms with Crippen LogP contribution in [0.25, 0.3) is 11.0 Å². The summed E-state index contributed by atoms with van der Waals surface area (Å²) in [6.45, 7) is 3.92. The summed E-state index contributed by atoms with van der Waals surface area (Å²) in [5, 5.41) is 12.2. The van der Waals surface area contributed by atoms with Crippen molar-refractivity contribution in [2.45, 2.75) is 44.9 Å². The largest absolute Gasteiger partial charge is 0.408 e. The lowest BCUT2D eigenvalue weighted by molar-refractivity contribution is -0.149. The van der Waals surface area contributed by atoms with Crippen LogP contribution in [0.15, 0.2) is 18.3 Å². The Morgan fingerprint density at radius 2 is 2.06 bits per heavy atom. The minimum absolute atomic E-state index is 0.159. The van der Waals surface area contributed by atoms with E-state index >= 15 is 0 Å². The van der Waals surface area contributed by atoms with E-state index in [4.69, 9.17) is 0 Å². The van der Waals surface area contributed by atoms with Gasteiger partial charge in [0.2, 0.25) is 5.82 Å². The van der Waals surface area contributed by atoms with E-state index in [-0.39, 0.29) is 17.7 Å². The van der Waals surface area contributed by atoms with Crippen molar-refractivity contribution in [3.63, 3.8) is 0 Å². The number of nitrogens with one attached hydrogen (secondary N) is 3. The zero-order valence-corrected chi connectivity index (χ0v) is 18.8. The highest BCUT2D eigenvalue weighted by molar-refractivity contribution is 6.07. The second-order valence-electron chi connectivity index (χ2n) is 8.60. The number of carbonyl (C=O) groups excluding carboxylic acids is 2. The first kappa shape index (κ1) is 22.8. The molecule has 2 aliphatic rings. The van der Waals surface area contributed by atoms with Crippen LogP contribution in [0.5, 0.6) is 0 Å². The molecule has 2 bridgehead atoms. The van der Waals surface area contributed by atoms with Gasteiger partial charge in [0.1, 0.15) is 6.04 Å². The number of pyridine rings is 1. The number of aromatic nitrogens is 5. The number of aryl methyl sites for hydroxylation is 1. The van der Waals surface area contributed by atoms with Gasteiger partial charge in [-0.3, -0.25) is 20.1 Å². The van der Waals surface area contributed by atoms with Crippen LogP contribution in [-0.4, -0.2) is 68.4 Å². The molecule has 2 aliphatic heterocycles. The Morgan fingerprint density at radius 3 is 2.83 bits per heavy atom. The smallest absolute Gasteiger partial charge is 0.365 e. The Hall–Kier alpha value is -3.97. The molecule has 0 spiro atoms. The Balaban J connectivity index is 1.47. The van der Waals surface area contributed by atoms with E-state index in [1.165, 1.54) is 11.1 Å². The molecule has 2 atom stereocenters. The van der Waals surface area contributed by atoms with Crippen LogP contribution in [0, 0.1) is 6.92 Å². The van der Waals surface area contributed by atoms with Gasteiger partial charge < -0.3 is 10.2 Å². The topological polar surface area (TPSA) is 132 Å². The summed E-state index contributed by atoms with van der Waals surface area (Å²) in [5.41, 5.74) is 1.83. The number of carbonyl (C=O) groups is 2. The maximum Gasteiger partial charge on any atom is 0.408 e. The maximum atomic E-state index is 13.4. The van der Waals surface area contributed by atoms with Gasteiger partial charge in [0.25, 0.3) is 5.91 Å². The number of amides is 3. The number of alkyl halides is 3. The highest BCUT2D eigenvalue weighted by Gasteiger charge is 2.40. The number of fused-ring (bicyclic) bond motifs is 5. The van der Waals surface area contributed by atoms with Crippen LogP contribution < -0.4 is 20.4 Å². The highest BCUT2D eigenvalue weighted by Crippen LogP contribution is 2.38. The van der Waals surface area contributed by atoms with E-state index in [0.29, 0.717) is 36.2 Å². The fourth-order valence-corrected chi connectivity index (χ4v) is 4.30. The summed E-state index contributed by atoms with van der Waals surface area (Å²) in [5.74, 6) is -1.09. The number of piperidine rings is 1. The van der Waals surface area contributed by atoms with E-state index < -0.39 is 30.0 Å². The number of hydrogen-bond acceptors (Lipinski definition) is 7. The normalized spacial score (nSPS) is 18.3. The fraction of sp³-hybridized carbons (Fsp3) is 0.429. The van der Waals surface area contributed by atoms with Crippen molar-refractivity contribution in [1.29, 1.82) is 0 Å². The van der Waals surface area contributed by atoms with Crippen molar-refractivity contribution in [3.8, 4) is 0 Å². The van der Waals surface area contributed by atoms with Gasteiger partial charge in [0.05, 0.1) is 23.3 Å². The minimum atomic E-state index is -4.61. The van der Waals surface area contributed by atoms with Gasteiger partial charge in [-0.15, -0.1) is 0 Å². The molecule has 1 unspecified atom stereocenters. The monoisotopic (exact) mass is 489 g/mol. The number of hydrogen-bond donors (Lipinski definition) is 3. The van der Waals surface area contributed by atoms with Crippen LogP contribution in [-0.2, 0) is 0 Å². The van der Waals surface area contributed by atoms with E-state index in [0.717, 1.165) is 19.0 Å². The average Bonchev–Trinajstić information content (AvgIpc) is 3.19. The van der Waals surface area contributed by atoms with Gasteiger partial charge in [0, 0.05) is 18.8 Å². The average molecular weight is 489 g/mol.